The first-order valence-corrected chi connectivity index (χ1v) is 13.7. The monoisotopic (exact) mass is 416 g/mol. The molecule has 0 aromatic rings. The minimum Gasteiger partial charge on any atom is -0.355 e. The van der Waals surface area contributed by atoms with E-state index in [2.05, 4.69) is 19.6 Å². The summed E-state index contributed by atoms with van der Waals surface area (Å²) in [5.41, 5.74) is 0. The molecule has 4 rings (SSSR count). The van der Waals surface area contributed by atoms with E-state index in [1.807, 2.05) is 0 Å². The summed E-state index contributed by atoms with van der Waals surface area (Å²) in [7, 11) is 0. The Hall–Kier alpha value is -1.06. The van der Waals surface area contributed by atoms with Gasteiger partial charge in [-0.15, -0.1) is 0 Å². The van der Waals surface area contributed by atoms with Crippen molar-refractivity contribution >= 4 is 0 Å². The lowest BCUT2D eigenvalue weighted by atomic mass is 10.2. The second-order valence-corrected chi connectivity index (χ2v) is 10.3. The molecule has 4 aliphatic heterocycles. The first kappa shape index (κ1) is 22.1. The summed E-state index contributed by atoms with van der Waals surface area (Å²) in [6, 6.07) is 0. The Morgan fingerprint density at radius 2 is 0.400 bits per heavy atom. The topological polar surface area (TPSA) is 13.0 Å². The van der Waals surface area contributed by atoms with E-state index in [1.165, 1.54) is 155 Å². The normalized spacial score (nSPS) is 25.2. The van der Waals surface area contributed by atoms with Gasteiger partial charge in [0.15, 0.2) is 0 Å². The zero-order chi connectivity index (χ0) is 20.4. The van der Waals surface area contributed by atoms with Crippen LogP contribution in [0.2, 0.25) is 0 Å². The molecule has 0 unspecified atom stereocenters. The zero-order valence-corrected chi connectivity index (χ0v) is 19.8. The van der Waals surface area contributed by atoms with Crippen LogP contribution in [0.15, 0.2) is 11.6 Å². The molecule has 0 amide bonds. The number of hydrogen-bond donors (Lipinski definition) is 0. The lowest BCUT2D eigenvalue weighted by Crippen LogP contribution is -2.46. The average Bonchev–Trinajstić information content (AvgIpc) is 3.36. The minimum absolute atomic E-state index is 1.27. The van der Waals surface area contributed by atoms with Crippen LogP contribution in [0, 0.1) is 0 Å². The van der Waals surface area contributed by atoms with E-state index in [4.69, 9.17) is 0 Å². The third-order valence-electron chi connectivity index (χ3n) is 7.82. The van der Waals surface area contributed by atoms with Gasteiger partial charge in [-0.1, -0.05) is 51.4 Å². The summed E-state index contributed by atoms with van der Waals surface area (Å²) in [6.07, 6.45) is 22.4. The first-order chi connectivity index (χ1) is 14.9. The van der Waals surface area contributed by atoms with Gasteiger partial charge in [0, 0.05) is 52.4 Å². The highest BCUT2D eigenvalue weighted by molar-refractivity contribution is 5.14. The fraction of sp³-hybridized carbons (Fsp3) is 0.923. The minimum atomic E-state index is 1.27. The van der Waals surface area contributed by atoms with Gasteiger partial charge in [0.1, 0.15) is 11.6 Å². The Balaban J connectivity index is 1.74. The predicted molar refractivity (Wildman–Crippen MR) is 127 cm³/mol. The van der Waals surface area contributed by atoms with Gasteiger partial charge in [0.05, 0.1) is 0 Å². The van der Waals surface area contributed by atoms with Crippen LogP contribution < -0.4 is 0 Å². The molecule has 0 radical (unpaired) electrons. The molecule has 4 aliphatic rings. The third-order valence-corrected chi connectivity index (χ3v) is 7.82. The molecule has 0 bridgehead atoms. The predicted octanol–water partition coefficient (Wildman–Crippen LogP) is 5.62. The summed E-state index contributed by atoms with van der Waals surface area (Å²) >= 11 is 0. The van der Waals surface area contributed by atoms with E-state index >= 15 is 0 Å². The van der Waals surface area contributed by atoms with Gasteiger partial charge in [0.2, 0.25) is 0 Å². The fourth-order valence-corrected chi connectivity index (χ4v) is 6.10. The molecule has 4 nitrogen and oxygen atoms in total. The Labute approximate surface area is 186 Å². The van der Waals surface area contributed by atoms with E-state index in [0.29, 0.717) is 0 Å². The van der Waals surface area contributed by atoms with Crippen molar-refractivity contribution in [3.05, 3.63) is 11.6 Å². The Morgan fingerprint density at radius 1 is 0.233 bits per heavy atom. The number of likely N-dealkylation sites (tertiary alicyclic amines) is 4. The van der Waals surface area contributed by atoms with Crippen molar-refractivity contribution in [3.63, 3.8) is 0 Å². The van der Waals surface area contributed by atoms with Crippen LogP contribution >= 0.6 is 0 Å². The summed E-state index contributed by atoms with van der Waals surface area (Å²) in [5.74, 6) is 3.31. The van der Waals surface area contributed by atoms with Crippen LogP contribution in [0.25, 0.3) is 0 Å². The van der Waals surface area contributed by atoms with Crippen molar-refractivity contribution in [1.82, 2.24) is 19.6 Å². The summed E-state index contributed by atoms with van der Waals surface area (Å²) < 4.78 is 0. The quantitative estimate of drug-likeness (QED) is 0.590. The van der Waals surface area contributed by atoms with Gasteiger partial charge in [-0.05, 0) is 51.4 Å². The standard InChI is InChI=1S/C26H48N4/c1-2-10-18-27(17-9-1)25(28-19-11-3-4-12-20-28)26(29-21-13-5-6-14-22-29)30-23-15-7-8-16-24-30/h1-24H2. The molecule has 172 valence electrons. The van der Waals surface area contributed by atoms with Crippen molar-refractivity contribution in [2.75, 3.05) is 52.4 Å². The summed E-state index contributed by atoms with van der Waals surface area (Å²) in [4.78, 5) is 11.4. The average molecular weight is 417 g/mol. The second kappa shape index (κ2) is 12.1. The van der Waals surface area contributed by atoms with E-state index in [9.17, 15) is 0 Å². The Kier molecular flexibility index (Phi) is 8.93. The van der Waals surface area contributed by atoms with Crippen molar-refractivity contribution < 1.29 is 0 Å². The van der Waals surface area contributed by atoms with Crippen molar-refractivity contribution in [1.29, 1.82) is 0 Å². The van der Waals surface area contributed by atoms with Crippen LogP contribution in [0.3, 0.4) is 0 Å². The lowest BCUT2D eigenvalue weighted by Gasteiger charge is -2.43. The van der Waals surface area contributed by atoms with Gasteiger partial charge < -0.3 is 19.6 Å². The zero-order valence-electron chi connectivity index (χ0n) is 19.8. The molecule has 0 atom stereocenters. The molecule has 4 heteroatoms. The summed E-state index contributed by atoms with van der Waals surface area (Å²) in [5, 5.41) is 0. The Morgan fingerprint density at radius 3 is 0.567 bits per heavy atom. The van der Waals surface area contributed by atoms with Gasteiger partial charge in [-0.3, -0.25) is 0 Å². The van der Waals surface area contributed by atoms with Crippen molar-refractivity contribution in [2.24, 2.45) is 0 Å². The molecule has 4 heterocycles. The smallest absolute Gasteiger partial charge is 0.146 e. The van der Waals surface area contributed by atoms with Crippen LogP contribution in [0.4, 0.5) is 0 Å². The number of hydrogen-bond acceptors (Lipinski definition) is 4. The molecular weight excluding hydrogens is 368 g/mol. The molecule has 0 spiro atoms. The van der Waals surface area contributed by atoms with Crippen LogP contribution in [-0.4, -0.2) is 72.0 Å². The highest BCUT2D eigenvalue weighted by Crippen LogP contribution is 2.30. The highest BCUT2D eigenvalue weighted by Gasteiger charge is 2.30. The molecule has 30 heavy (non-hydrogen) atoms. The van der Waals surface area contributed by atoms with Crippen LogP contribution in [0.5, 0.6) is 0 Å². The van der Waals surface area contributed by atoms with Crippen molar-refractivity contribution in [3.8, 4) is 0 Å². The Bertz CT molecular complexity index is 409. The maximum absolute atomic E-state index is 2.85. The maximum atomic E-state index is 2.85. The van der Waals surface area contributed by atoms with E-state index in [1.54, 1.807) is 11.6 Å². The van der Waals surface area contributed by atoms with Crippen LogP contribution in [0.1, 0.15) is 103 Å². The van der Waals surface area contributed by atoms with E-state index in [-0.39, 0.29) is 0 Å². The summed E-state index contributed by atoms with van der Waals surface area (Å²) in [6.45, 7) is 10.2. The lowest BCUT2D eigenvalue weighted by molar-refractivity contribution is 0.146. The highest BCUT2D eigenvalue weighted by atomic mass is 15.4. The molecule has 0 aromatic heterocycles. The van der Waals surface area contributed by atoms with Crippen molar-refractivity contribution in [2.45, 2.75) is 103 Å². The van der Waals surface area contributed by atoms with Gasteiger partial charge in [-0.25, -0.2) is 0 Å². The number of rotatable bonds is 4. The molecule has 0 aliphatic carbocycles. The molecule has 4 saturated heterocycles. The molecule has 0 N–H and O–H groups in total. The van der Waals surface area contributed by atoms with E-state index < -0.39 is 0 Å². The van der Waals surface area contributed by atoms with Gasteiger partial charge in [-0.2, -0.15) is 0 Å². The van der Waals surface area contributed by atoms with E-state index in [0.717, 1.165) is 0 Å². The molecular formula is C26H48N4. The third kappa shape index (κ3) is 6.01. The first-order valence-electron chi connectivity index (χ1n) is 13.7. The maximum Gasteiger partial charge on any atom is 0.146 e. The van der Waals surface area contributed by atoms with Crippen LogP contribution in [-0.2, 0) is 0 Å². The fourth-order valence-electron chi connectivity index (χ4n) is 6.10. The molecule has 0 aromatic carbocycles. The number of nitrogens with zero attached hydrogens (tertiary/aromatic N) is 4. The van der Waals surface area contributed by atoms with Gasteiger partial charge in [0.25, 0.3) is 0 Å². The van der Waals surface area contributed by atoms with Gasteiger partial charge >= 0.3 is 0 Å². The molecule has 0 saturated carbocycles. The second-order valence-electron chi connectivity index (χ2n) is 10.3. The molecule has 4 fully saturated rings. The SMILES string of the molecule is C1CCCN(C(=C(N2CCCCCC2)N2CCCCCC2)N2CCCCCC2)CC1. The largest absolute Gasteiger partial charge is 0.355 e.